The number of nitrogens with one attached hydrogen (secondary N) is 2. The van der Waals surface area contributed by atoms with Crippen molar-refractivity contribution in [3.05, 3.63) is 36.0 Å². The van der Waals surface area contributed by atoms with Crippen LogP contribution in [0.25, 0.3) is 10.9 Å². The van der Waals surface area contributed by atoms with Crippen LogP contribution in [0.2, 0.25) is 0 Å². The van der Waals surface area contributed by atoms with E-state index >= 15 is 0 Å². The summed E-state index contributed by atoms with van der Waals surface area (Å²) in [7, 11) is 0. The van der Waals surface area contributed by atoms with Gasteiger partial charge in [0.2, 0.25) is 11.8 Å². The lowest BCUT2D eigenvalue weighted by Gasteiger charge is -2.24. The van der Waals surface area contributed by atoms with Crippen molar-refractivity contribution >= 4 is 40.2 Å². The molecule has 0 fully saturated rings. The number of carbonyl (C=O) groups excluding carboxylic acids is 4. The Balaban J connectivity index is 2.03. The van der Waals surface area contributed by atoms with Crippen LogP contribution in [0.3, 0.4) is 0 Å². The molecule has 0 aliphatic heterocycles. The van der Waals surface area contributed by atoms with Gasteiger partial charge in [-0.25, -0.2) is 0 Å². The Kier molecular flexibility index (Phi) is 21.6. The van der Waals surface area contributed by atoms with Crippen molar-refractivity contribution in [1.82, 2.24) is 10.3 Å². The highest BCUT2D eigenvalue weighted by Gasteiger charge is 2.30. The minimum Gasteiger partial charge on any atom is -0.370 e. The van der Waals surface area contributed by atoms with Gasteiger partial charge >= 0.3 is 0 Å². The summed E-state index contributed by atoms with van der Waals surface area (Å²) < 4.78 is 0. The number of primary amides is 1. The number of hydrogen-bond donors (Lipinski definition) is 5. The molecule has 51 heavy (non-hydrogen) atoms. The number of nitrogens with two attached hydrogens (primary N) is 3. The van der Waals surface area contributed by atoms with Gasteiger partial charge in [-0.3, -0.25) is 24.2 Å². The number of aromatic nitrogens is 1. The van der Waals surface area contributed by atoms with E-state index in [1.54, 1.807) is 0 Å². The molecule has 0 spiro atoms. The third kappa shape index (κ3) is 18.4. The molecule has 0 radical (unpaired) electrons. The van der Waals surface area contributed by atoms with E-state index < -0.39 is 23.8 Å². The van der Waals surface area contributed by atoms with Crippen molar-refractivity contribution < 1.29 is 19.2 Å². The van der Waals surface area contributed by atoms with E-state index in [4.69, 9.17) is 17.2 Å². The van der Waals surface area contributed by atoms with E-state index in [1.807, 2.05) is 44.3 Å². The largest absolute Gasteiger partial charge is 0.370 e. The molecule has 2 rings (SSSR count). The molecule has 0 saturated heterocycles. The van der Waals surface area contributed by atoms with Gasteiger partial charge in [-0.2, -0.15) is 0 Å². The second-order valence-electron chi connectivity index (χ2n) is 14.9. The fraction of sp³-hybridized carbons (Fsp3) is 0.683. The van der Waals surface area contributed by atoms with Crippen LogP contribution < -0.4 is 22.5 Å². The van der Waals surface area contributed by atoms with Crippen molar-refractivity contribution in [2.24, 2.45) is 39.9 Å². The molecule has 1 heterocycles. The number of aliphatic imine (C=N–C) groups is 1. The molecule has 10 heteroatoms. The quantitative estimate of drug-likeness (QED) is 0.0319. The number of fused-ring (bicyclic) bond motifs is 1. The minimum atomic E-state index is -0.859. The molecule has 10 nitrogen and oxygen atoms in total. The van der Waals surface area contributed by atoms with Crippen LogP contribution in [0.5, 0.6) is 0 Å². The van der Waals surface area contributed by atoms with E-state index in [2.05, 4.69) is 22.2 Å². The number of benzene rings is 1. The SMILES string of the molecule is CCCCCCCCCCCCCCCC(=O)C[C@H](Cc1c[nH]c2ccccc12)C(=O)N[C@@H](CCCN=C(N)N)C(=O)C[C@@H](CC(C)C)C(N)=O. The van der Waals surface area contributed by atoms with Crippen LogP contribution in [-0.4, -0.2) is 46.9 Å². The van der Waals surface area contributed by atoms with Crippen molar-refractivity contribution in [2.45, 2.75) is 155 Å². The van der Waals surface area contributed by atoms with Crippen molar-refractivity contribution in [1.29, 1.82) is 0 Å². The Labute approximate surface area is 306 Å². The maximum Gasteiger partial charge on any atom is 0.224 e. The molecular weight excluding hydrogens is 640 g/mol. The van der Waals surface area contributed by atoms with E-state index in [0.29, 0.717) is 38.6 Å². The second-order valence-corrected chi connectivity index (χ2v) is 14.9. The lowest BCUT2D eigenvalue weighted by Crippen LogP contribution is -2.45. The zero-order chi connectivity index (χ0) is 37.4. The highest BCUT2D eigenvalue weighted by molar-refractivity contribution is 5.94. The Morgan fingerprint density at radius 3 is 1.98 bits per heavy atom. The summed E-state index contributed by atoms with van der Waals surface area (Å²) in [5.74, 6) is -2.24. The molecule has 286 valence electrons. The number of rotatable bonds is 30. The van der Waals surface area contributed by atoms with Gasteiger partial charge < -0.3 is 27.5 Å². The van der Waals surface area contributed by atoms with Crippen LogP contribution in [0, 0.1) is 17.8 Å². The highest BCUT2D eigenvalue weighted by atomic mass is 16.2. The van der Waals surface area contributed by atoms with Crippen LogP contribution >= 0.6 is 0 Å². The summed E-state index contributed by atoms with van der Waals surface area (Å²) in [4.78, 5) is 60.4. The van der Waals surface area contributed by atoms with Gasteiger partial charge in [0, 0.05) is 54.7 Å². The standard InChI is InChI=1S/C41H68N6O4/c1-4-5-6-7-8-9-10-11-12-13-14-15-16-20-34(48)27-32(26-33-29-46-36-22-18-17-21-35(33)36)40(51)47-37(23-19-24-45-41(43)44)38(49)28-31(39(42)50)25-30(2)3/h17-18,21-22,29-32,37,46H,4-16,19-20,23-28H2,1-3H3,(H2,42,50)(H,47,51)(H4,43,44,45)/t31-,32+,37+/m1/s1. The second kappa shape index (κ2) is 25.3. The third-order valence-electron chi connectivity index (χ3n) is 9.80. The van der Waals surface area contributed by atoms with Crippen LogP contribution in [-0.2, 0) is 25.6 Å². The van der Waals surface area contributed by atoms with Gasteiger partial charge in [-0.15, -0.1) is 0 Å². The molecule has 0 unspecified atom stereocenters. The molecule has 2 amide bonds. The van der Waals surface area contributed by atoms with Gasteiger partial charge in [0.1, 0.15) is 5.78 Å². The number of unbranched alkanes of at least 4 members (excludes halogenated alkanes) is 12. The van der Waals surface area contributed by atoms with Crippen LogP contribution in [0.4, 0.5) is 0 Å². The topological polar surface area (TPSA) is 187 Å². The van der Waals surface area contributed by atoms with Crippen molar-refractivity contribution in [2.75, 3.05) is 6.54 Å². The first kappa shape index (κ1) is 43.5. The molecule has 0 saturated carbocycles. The van der Waals surface area contributed by atoms with E-state index in [-0.39, 0.29) is 42.2 Å². The summed E-state index contributed by atoms with van der Waals surface area (Å²) in [5.41, 5.74) is 18.5. The number of nitrogens with zero attached hydrogens (tertiary/aromatic N) is 1. The van der Waals surface area contributed by atoms with Gasteiger partial charge in [0.05, 0.1) is 6.04 Å². The maximum absolute atomic E-state index is 14.0. The van der Waals surface area contributed by atoms with Crippen molar-refractivity contribution in [3.8, 4) is 0 Å². The van der Waals surface area contributed by atoms with Gasteiger partial charge in [0.15, 0.2) is 11.7 Å². The van der Waals surface area contributed by atoms with Gasteiger partial charge in [-0.1, -0.05) is 116 Å². The molecule has 1 aromatic carbocycles. The predicted molar refractivity (Wildman–Crippen MR) is 209 cm³/mol. The summed E-state index contributed by atoms with van der Waals surface area (Å²) in [5, 5.41) is 3.97. The molecule has 3 atom stereocenters. The number of amides is 2. The highest BCUT2D eigenvalue weighted by Crippen LogP contribution is 2.24. The summed E-state index contributed by atoms with van der Waals surface area (Å²) >= 11 is 0. The zero-order valence-electron chi connectivity index (χ0n) is 31.9. The minimum absolute atomic E-state index is 0.0477. The smallest absolute Gasteiger partial charge is 0.224 e. The molecule has 0 bridgehead atoms. The first-order valence-corrected chi connectivity index (χ1v) is 19.8. The average Bonchev–Trinajstić information content (AvgIpc) is 3.49. The zero-order valence-corrected chi connectivity index (χ0v) is 31.9. The number of aromatic amines is 1. The first-order chi connectivity index (χ1) is 24.5. The lowest BCUT2D eigenvalue weighted by atomic mass is 9.88. The monoisotopic (exact) mass is 709 g/mol. The molecule has 8 N–H and O–H groups in total. The van der Waals surface area contributed by atoms with Gasteiger partial charge in [-0.05, 0) is 49.7 Å². The molecule has 1 aromatic heterocycles. The van der Waals surface area contributed by atoms with Crippen LogP contribution in [0.15, 0.2) is 35.5 Å². The molecular formula is C41H68N6O4. The van der Waals surface area contributed by atoms with E-state index in [9.17, 15) is 19.2 Å². The van der Waals surface area contributed by atoms with E-state index in [0.717, 1.165) is 35.7 Å². The average molecular weight is 709 g/mol. The lowest BCUT2D eigenvalue weighted by molar-refractivity contribution is -0.133. The maximum atomic E-state index is 14.0. The third-order valence-corrected chi connectivity index (χ3v) is 9.80. The fourth-order valence-electron chi connectivity index (χ4n) is 6.90. The fourth-order valence-corrected chi connectivity index (χ4v) is 6.90. The van der Waals surface area contributed by atoms with E-state index in [1.165, 1.54) is 64.2 Å². The Morgan fingerprint density at radius 2 is 1.39 bits per heavy atom. The Bertz CT molecular complexity index is 1350. The number of guanidine groups is 1. The van der Waals surface area contributed by atoms with Gasteiger partial charge in [0.25, 0.3) is 0 Å². The molecule has 0 aliphatic rings. The van der Waals surface area contributed by atoms with Crippen molar-refractivity contribution in [3.63, 3.8) is 0 Å². The number of para-hydroxylation sites is 1. The molecule has 0 aliphatic carbocycles. The van der Waals surface area contributed by atoms with Crippen LogP contribution in [0.1, 0.15) is 148 Å². The number of carbonyl (C=O) groups is 4. The summed E-state index contributed by atoms with van der Waals surface area (Å²) in [6, 6.07) is 7.02. The first-order valence-electron chi connectivity index (χ1n) is 19.8. The normalized spacial score (nSPS) is 13.2. The molecule has 2 aromatic rings. The predicted octanol–water partition coefficient (Wildman–Crippen LogP) is 7.41. The summed E-state index contributed by atoms with van der Waals surface area (Å²) in [6.07, 6.45) is 20.0. The summed E-state index contributed by atoms with van der Waals surface area (Å²) in [6.45, 7) is 6.49. The Morgan fingerprint density at radius 1 is 0.784 bits per heavy atom. The Hall–Kier alpha value is -3.69. The number of hydrogen-bond acceptors (Lipinski definition) is 5. The number of Topliss-reactive ketones (excluding diaryl/α,β-unsaturated/α-hetero) is 2. The number of H-pyrrole nitrogens is 1. The number of ketones is 2.